The SMILES string of the molecule is COc1cc(Nc2cc3cc(-c4cc(C)ncc4O[C@H]4CC[C@H](O)CC4)ccn3n2)cc(OC)c1. The van der Waals surface area contributed by atoms with Crippen molar-refractivity contribution in [1.29, 1.82) is 0 Å². The Morgan fingerprint density at radius 2 is 1.71 bits per heavy atom. The summed E-state index contributed by atoms with van der Waals surface area (Å²) in [6.45, 7) is 1.98. The zero-order valence-corrected chi connectivity index (χ0v) is 20.2. The molecule has 0 spiro atoms. The molecule has 0 saturated heterocycles. The molecule has 0 atom stereocenters. The fraction of sp³-hybridized carbons (Fsp3) is 0.333. The van der Waals surface area contributed by atoms with Gasteiger partial charge < -0.3 is 24.6 Å². The van der Waals surface area contributed by atoms with Gasteiger partial charge in [0.2, 0.25) is 0 Å². The average Bonchev–Trinajstić information content (AvgIpc) is 3.27. The molecule has 0 radical (unpaired) electrons. The zero-order valence-electron chi connectivity index (χ0n) is 20.2. The second-order valence-corrected chi connectivity index (χ2v) is 8.91. The Kier molecular flexibility index (Phi) is 6.46. The first kappa shape index (κ1) is 23.0. The van der Waals surface area contributed by atoms with Crippen molar-refractivity contribution in [2.24, 2.45) is 0 Å². The van der Waals surface area contributed by atoms with Crippen LogP contribution in [0.5, 0.6) is 17.2 Å². The fourth-order valence-corrected chi connectivity index (χ4v) is 4.46. The lowest BCUT2D eigenvalue weighted by molar-refractivity contribution is 0.0667. The number of aliphatic hydroxyl groups is 1. The number of rotatable bonds is 7. The van der Waals surface area contributed by atoms with E-state index in [1.165, 1.54) is 0 Å². The molecule has 0 amide bonds. The van der Waals surface area contributed by atoms with Crippen LogP contribution in [0, 0.1) is 6.92 Å². The minimum atomic E-state index is -0.212. The number of aliphatic hydroxyl groups excluding tert-OH is 1. The third-order valence-electron chi connectivity index (χ3n) is 6.34. The quantitative estimate of drug-likeness (QED) is 0.383. The number of aromatic nitrogens is 3. The highest BCUT2D eigenvalue weighted by Gasteiger charge is 2.22. The minimum Gasteiger partial charge on any atom is -0.497 e. The maximum atomic E-state index is 9.82. The second kappa shape index (κ2) is 9.84. The number of nitrogens with zero attached hydrogens (tertiary/aromatic N) is 3. The Morgan fingerprint density at radius 1 is 0.971 bits per heavy atom. The van der Waals surface area contributed by atoms with E-state index in [2.05, 4.69) is 27.5 Å². The van der Waals surface area contributed by atoms with Crippen LogP contribution in [0.4, 0.5) is 11.5 Å². The van der Waals surface area contributed by atoms with Crippen LogP contribution < -0.4 is 19.5 Å². The lowest BCUT2D eigenvalue weighted by Crippen LogP contribution is -2.26. The van der Waals surface area contributed by atoms with Gasteiger partial charge in [-0.3, -0.25) is 4.98 Å². The molecule has 1 aliphatic carbocycles. The standard InChI is InChI=1S/C27H30N4O4/c1-17-10-25(26(16-28-17)35-22-6-4-21(32)5-7-22)18-8-9-31-20(11-18)14-27(30-31)29-19-12-23(33-2)15-24(13-19)34-3/h8-16,21-22,32H,4-7H2,1-3H3,(H,29,30)/t21-,22-. The molecule has 8 heteroatoms. The Balaban J connectivity index is 1.42. The van der Waals surface area contributed by atoms with E-state index in [0.29, 0.717) is 17.3 Å². The molecule has 1 saturated carbocycles. The van der Waals surface area contributed by atoms with Gasteiger partial charge in [-0.1, -0.05) is 0 Å². The van der Waals surface area contributed by atoms with Gasteiger partial charge >= 0.3 is 0 Å². The number of ether oxygens (including phenoxy) is 3. The lowest BCUT2D eigenvalue weighted by atomic mass is 9.95. The summed E-state index contributed by atoms with van der Waals surface area (Å²) in [4.78, 5) is 4.46. The molecule has 3 aromatic heterocycles. The van der Waals surface area contributed by atoms with Crippen molar-refractivity contribution in [2.45, 2.75) is 44.8 Å². The van der Waals surface area contributed by atoms with Crippen LogP contribution in [0.3, 0.4) is 0 Å². The number of aryl methyl sites for hydroxylation is 1. The number of nitrogens with one attached hydrogen (secondary N) is 1. The van der Waals surface area contributed by atoms with Gasteiger partial charge in [0.15, 0.2) is 5.82 Å². The van der Waals surface area contributed by atoms with Crippen molar-refractivity contribution in [3.05, 3.63) is 60.6 Å². The van der Waals surface area contributed by atoms with Crippen LogP contribution in [0.2, 0.25) is 0 Å². The smallest absolute Gasteiger partial charge is 0.153 e. The molecule has 2 N–H and O–H groups in total. The van der Waals surface area contributed by atoms with E-state index < -0.39 is 0 Å². The van der Waals surface area contributed by atoms with Gasteiger partial charge in [0.1, 0.15) is 17.2 Å². The summed E-state index contributed by atoms with van der Waals surface area (Å²) in [6, 6.07) is 13.8. The summed E-state index contributed by atoms with van der Waals surface area (Å²) in [6.07, 6.45) is 6.87. The first-order valence-electron chi connectivity index (χ1n) is 11.8. The predicted octanol–water partition coefficient (Wildman–Crippen LogP) is 5.15. The molecule has 182 valence electrons. The number of benzene rings is 1. The van der Waals surface area contributed by atoms with Crippen molar-refractivity contribution < 1.29 is 19.3 Å². The molecule has 0 unspecified atom stereocenters. The number of methoxy groups -OCH3 is 2. The third-order valence-corrected chi connectivity index (χ3v) is 6.34. The molecular weight excluding hydrogens is 444 g/mol. The van der Waals surface area contributed by atoms with E-state index in [9.17, 15) is 5.11 Å². The van der Waals surface area contributed by atoms with Crippen LogP contribution in [-0.4, -0.2) is 46.1 Å². The molecule has 3 heterocycles. The molecule has 0 aliphatic heterocycles. The van der Waals surface area contributed by atoms with Gasteiger partial charge in [0.05, 0.1) is 38.1 Å². The number of pyridine rings is 2. The first-order chi connectivity index (χ1) is 17.0. The number of fused-ring (bicyclic) bond motifs is 1. The molecule has 1 aliphatic rings. The Bertz CT molecular complexity index is 1310. The van der Waals surface area contributed by atoms with E-state index in [-0.39, 0.29) is 12.2 Å². The van der Waals surface area contributed by atoms with Crippen molar-refractivity contribution in [3.63, 3.8) is 0 Å². The summed E-state index contributed by atoms with van der Waals surface area (Å²) >= 11 is 0. The second-order valence-electron chi connectivity index (χ2n) is 8.91. The first-order valence-corrected chi connectivity index (χ1v) is 11.8. The summed E-state index contributed by atoms with van der Waals surface area (Å²) in [5.74, 6) is 2.88. The van der Waals surface area contributed by atoms with Crippen LogP contribution >= 0.6 is 0 Å². The molecule has 4 aromatic rings. The minimum absolute atomic E-state index is 0.0935. The van der Waals surface area contributed by atoms with Crippen LogP contribution in [0.25, 0.3) is 16.6 Å². The predicted molar refractivity (Wildman–Crippen MR) is 135 cm³/mol. The van der Waals surface area contributed by atoms with Gasteiger partial charge in [0.25, 0.3) is 0 Å². The fourth-order valence-electron chi connectivity index (χ4n) is 4.46. The van der Waals surface area contributed by atoms with Crippen LogP contribution in [-0.2, 0) is 0 Å². The summed E-state index contributed by atoms with van der Waals surface area (Å²) in [5, 5.41) is 17.8. The van der Waals surface area contributed by atoms with Gasteiger partial charge in [-0.25, -0.2) is 4.52 Å². The largest absolute Gasteiger partial charge is 0.497 e. The Morgan fingerprint density at radius 3 is 2.43 bits per heavy atom. The average molecular weight is 475 g/mol. The monoisotopic (exact) mass is 474 g/mol. The van der Waals surface area contributed by atoms with Crippen LogP contribution in [0.15, 0.2) is 54.9 Å². The highest BCUT2D eigenvalue weighted by atomic mass is 16.5. The van der Waals surface area contributed by atoms with E-state index in [4.69, 9.17) is 14.2 Å². The van der Waals surface area contributed by atoms with Gasteiger partial charge in [-0.05, 0) is 56.4 Å². The maximum absolute atomic E-state index is 9.82. The topological polar surface area (TPSA) is 90.1 Å². The van der Waals surface area contributed by atoms with Crippen LogP contribution in [0.1, 0.15) is 31.4 Å². The zero-order chi connectivity index (χ0) is 24.4. The van der Waals surface area contributed by atoms with Crippen molar-refractivity contribution in [2.75, 3.05) is 19.5 Å². The lowest BCUT2D eigenvalue weighted by Gasteiger charge is -2.27. The third kappa shape index (κ3) is 5.17. The molecule has 35 heavy (non-hydrogen) atoms. The number of hydrogen-bond acceptors (Lipinski definition) is 7. The van der Waals surface area contributed by atoms with E-state index in [0.717, 1.165) is 59.5 Å². The van der Waals surface area contributed by atoms with Gasteiger partial charge in [-0.2, -0.15) is 5.10 Å². The highest BCUT2D eigenvalue weighted by molar-refractivity contribution is 5.75. The molecule has 1 aromatic carbocycles. The highest BCUT2D eigenvalue weighted by Crippen LogP contribution is 2.34. The van der Waals surface area contributed by atoms with Gasteiger partial charge in [-0.15, -0.1) is 0 Å². The number of hydrogen-bond donors (Lipinski definition) is 2. The summed E-state index contributed by atoms with van der Waals surface area (Å²) in [5.41, 5.74) is 4.72. The van der Waals surface area contributed by atoms with E-state index in [1.54, 1.807) is 20.4 Å². The molecule has 5 rings (SSSR count). The van der Waals surface area contributed by atoms with E-state index in [1.807, 2.05) is 48.0 Å². The van der Waals surface area contributed by atoms with Gasteiger partial charge in [0, 0.05) is 47.4 Å². The summed E-state index contributed by atoms with van der Waals surface area (Å²) in [7, 11) is 3.25. The Labute approximate surface area is 204 Å². The van der Waals surface area contributed by atoms with Crippen molar-refractivity contribution >= 4 is 17.0 Å². The molecule has 8 nitrogen and oxygen atoms in total. The molecular formula is C27H30N4O4. The van der Waals surface area contributed by atoms with Crippen molar-refractivity contribution in [1.82, 2.24) is 14.6 Å². The maximum Gasteiger partial charge on any atom is 0.153 e. The van der Waals surface area contributed by atoms with Crippen molar-refractivity contribution in [3.8, 4) is 28.4 Å². The molecule has 1 fully saturated rings. The molecule has 0 bridgehead atoms. The normalized spacial score (nSPS) is 17.8. The summed E-state index contributed by atoms with van der Waals surface area (Å²) < 4.78 is 18.9. The Hall–Kier alpha value is -3.78. The van der Waals surface area contributed by atoms with E-state index >= 15 is 0 Å². The number of anilines is 2.